The minimum absolute atomic E-state index is 0.0225. The van der Waals surface area contributed by atoms with Gasteiger partial charge in [0.05, 0.1) is 29.5 Å². The molecule has 0 bridgehead atoms. The first-order chi connectivity index (χ1) is 18.1. The number of hydrogen-bond acceptors (Lipinski definition) is 9. The molecular weight excluding hydrogens is 482 g/mol. The van der Waals surface area contributed by atoms with Gasteiger partial charge < -0.3 is 20.8 Å². The van der Waals surface area contributed by atoms with E-state index in [1.54, 1.807) is 25.4 Å². The van der Waals surface area contributed by atoms with E-state index in [0.29, 0.717) is 57.4 Å². The maximum Gasteiger partial charge on any atom is 0.212 e. The Morgan fingerprint density at radius 3 is 2.66 bits per heavy atom. The van der Waals surface area contributed by atoms with E-state index in [1.807, 2.05) is 17.3 Å². The first-order valence-electron chi connectivity index (χ1n) is 12.5. The van der Waals surface area contributed by atoms with Crippen molar-refractivity contribution >= 4 is 30.1 Å². The minimum atomic E-state index is -1.31. The highest BCUT2D eigenvalue weighted by atomic mass is 19.1. The molecule has 0 spiro atoms. The fourth-order valence-electron chi connectivity index (χ4n) is 4.34. The smallest absolute Gasteiger partial charge is 0.212 e. The monoisotopic (exact) mass is 512 g/mol. The van der Waals surface area contributed by atoms with Gasteiger partial charge in [-0.15, -0.1) is 5.53 Å². The fourth-order valence-corrected chi connectivity index (χ4v) is 4.34. The molecule has 1 aliphatic carbocycles. The number of ether oxygens (including phenoxy) is 1. The molecule has 1 atom stereocenters. The van der Waals surface area contributed by atoms with E-state index in [-0.39, 0.29) is 5.41 Å². The van der Waals surface area contributed by atoms with Crippen LogP contribution in [0.4, 0.5) is 15.8 Å². The van der Waals surface area contributed by atoms with Gasteiger partial charge in [-0.05, 0) is 36.0 Å². The lowest BCUT2D eigenvalue weighted by molar-refractivity contribution is 0.260. The van der Waals surface area contributed by atoms with Crippen molar-refractivity contribution in [2.75, 3.05) is 24.3 Å². The Balaban J connectivity index is 1.62. The summed E-state index contributed by atoms with van der Waals surface area (Å²) in [5.74, 6) is -0.0850. The van der Waals surface area contributed by atoms with Crippen molar-refractivity contribution in [1.29, 1.82) is 5.26 Å². The van der Waals surface area contributed by atoms with Crippen LogP contribution < -0.4 is 26.3 Å². The van der Waals surface area contributed by atoms with Gasteiger partial charge in [0.15, 0.2) is 0 Å². The first kappa shape index (κ1) is 25.6. The second kappa shape index (κ2) is 9.69. The summed E-state index contributed by atoms with van der Waals surface area (Å²) < 4.78 is 19.4. The second-order valence-electron chi connectivity index (χ2n) is 10.9. The Labute approximate surface area is 222 Å². The van der Waals surface area contributed by atoms with Crippen LogP contribution in [0.1, 0.15) is 44.7 Å². The van der Waals surface area contributed by atoms with Gasteiger partial charge in [-0.1, -0.05) is 26.8 Å². The molecule has 1 unspecified atom stereocenters. The minimum Gasteiger partial charge on any atom is -0.494 e. The SMILES string of the molecule is [B]C(Nc1cc(OC)c2ncc(C#N)c(NCC(C)(C)C)c2c1)(C1=CN(C2CC2)NN1)c1ccc(F)nc1. The Kier molecular flexibility index (Phi) is 6.53. The molecule has 0 saturated heterocycles. The predicted octanol–water partition coefficient (Wildman–Crippen LogP) is 3.87. The number of nitrogens with zero attached hydrogens (tertiary/aromatic N) is 4. The molecule has 3 aromatic rings. The van der Waals surface area contributed by atoms with Crippen molar-refractivity contribution in [3.63, 3.8) is 0 Å². The van der Waals surface area contributed by atoms with E-state index >= 15 is 0 Å². The summed E-state index contributed by atoms with van der Waals surface area (Å²) in [6, 6.07) is 9.19. The molecule has 1 saturated carbocycles. The maximum absolute atomic E-state index is 13.7. The number of fused-ring (bicyclic) bond motifs is 1. The molecule has 38 heavy (non-hydrogen) atoms. The van der Waals surface area contributed by atoms with Crippen LogP contribution >= 0.6 is 0 Å². The van der Waals surface area contributed by atoms with E-state index in [4.69, 9.17) is 12.6 Å². The van der Waals surface area contributed by atoms with Gasteiger partial charge in [-0.2, -0.15) is 9.65 Å². The number of hydrogen-bond donors (Lipinski definition) is 4. The zero-order valence-corrected chi connectivity index (χ0v) is 21.9. The molecule has 2 aliphatic rings. The summed E-state index contributed by atoms with van der Waals surface area (Å²) in [7, 11) is 8.61. The topological polar surface area (TPSA) is 110 Å². The van der Waals surface area contributed by atoms with Crippen LogP contribution in [0.2, 0.25) is 0 Å². The number of aromatic nitrogens is 2. The molecule has 1 fully saturated rings. The van der Waals surface area contributed by atoms with Gasteiger partial charge in [0.2, 0.25) is 5.95 Å². The number of pyridine rings is 2. The number of rotatable bonds is 8. The highest BCUT2D eigenvalue weighted by molar-refractivity contribution is 6.19. The van der Waals surface area contributed by atoms with Gasteiger partial charge in [-0.3, -0.25) is 9.99 Å². The van der Waals surface area contributed by atoms with Crippen molar-refractivity contribution in [3.8, 4) is 11.8 Å². The summed E-state index contributed by atoms with van der Waals surface area (Å²) in [6.07, 6.45) is 7.04. The van der Waals surface area contributed by atoms with E-state index in [1.165, 1.54) is 12.3 Å². The van der Waals surface area contributed by atoms with Crippen molar-refractivity contribution in [2.45, 2.75) is 45.1 Å². The molecule has 5 rings (SSSR count). The fraction of sp³-hybridized carbons (Fsp3) is 0.370. The summed E-state index contributed by atoms with van der Waals surface area (Å²) in [5.41, 5.74) is 8.47. The lowest BCUT2D eigenvalue weighted by Gasteiger charge is -2.34. The average molecular weight is 512 g/mol. The first-order valence-corrected chi connectivity index (χ1v) is 12.5. The van der Waals surface area contributed by atoms with E-state index in [9.17, 15) is 9.65 Å². The van der Waals surface area contributed by atoms with Crippen LogP contribution in [-0.2, 0) is 5.44 Å². The van der Waals surface area contributed by atoms with E-state index in [0.717, 1.165) is 12.8 Å². The van der Waals surface area contributed by atoms with E-state index in [2.05, 4.69) is 58.4 Å². The van der Waals surface area contributed by atoms with Crippen LogP contribution in [0, 0.1) is 22.7 Å². The Bertz CT molecular complexity index is 1430. The molecular formula is C27H30BFN8O. The molecule has 3 heterocycles. The van der Waals surface area contributed by atoms with Gasteiger partial charge in [0, 0.05) is 48.3 Å². The van der Waals surface area contributed by atoms with E-state index < -0.39 is 11.4 Å². The van der Waals surface area contributed by atoms with Crippen molar-refractivity contribution < 1.29 is 9.13 Å². The number of hydrazine groups is 2. The summed E-state index contributed by atoms with van der Waals surface area (Å²) in [5, 5.41) is 19.4. The lowest BCUT2D eigenvalue weighted by atomic mass is 9.70. The normalized spacial score (nSPS) is 16.8. The molecule has 2 aromatic heterocycles. The lowest BCUT2D eigenvalue weighted by Crippen LogP contribution is -2.45. The van der Waals surface area contributed by atoms with Gasteiger partial charge in [0.1, 0.15) is 25.2 Å². The predicted molar refractivity (Wildman–Crippen MR) is 145 cm³/mol. The van der Waals surface area contributed by atoms with Crippen LogP contribution in [0.3, 0.4) is 0 Å². The van der Waals surface area contributed by atoms with Gasteiger partial charge in [-0.25, -0.2) is 4.98 Å². The maximum atomic E-state index is 13.7. The van der Waals surface area contributed by atoms with Gasteiger partial charge >= 0.3 is 0 Å². The number of nitrogens with one attached hydrogen (secondary N) is 4. The third-order valence-electron chi connectivity index (χ3n) is 6.55. The Morgan fingerprint density at radius 2 is 2.03 bits per heavy atom. The summed E-state index contributed by atoms with van der Waals surface area (Å²) in [4.78, 5) is 8.34. The molecule has 0 amide bonds. The second-order valence-corrected chi connectivity index (χ2v) is 10.9. The molecule has 4 N–H and O–H groups in total. The van der Waals surface area contributed by atoms with Crippen LogP contribution in [0.15, 0.2) is 48.6 Å². The van der Waals surface area contributed by atoms with Crippen molar-refractivity contribution in [3.05, 3.63) is 65.6 Å². The third kappa shape index (κ3) is 5.04. The Morgan fingerprint density at radius 1 is 1.24 bits per heavy atom. The third-order valence-corrected chi connectivity index (χ3v) is 6.55. The van der Waals surface area contributed by atoms with Crippen LogP contribution in [0.5, 0.6) is 5.75 Å². The molecule has 194 valence electrons. The van der Waals surface area contributed by atoms with Crippen LogP contribution in [-0.4, -0.2) is 42.5 Å². The summed E-state index contributed by atoms with van der Waals surface area (Å²) in [6.45, 7) is 6.99. The van der Waals surface area contributed by atoms with Crippen LogP contribution in [0.25, 0.3) is 10.9 Å². The highest BCUT2D eigenvalue weighted by Crippen LogP contribution is 2.39. The molecule has 1 aromatic carbocycles. The molecule has 11 heteroatoms. The molecule has 1 aliphatic heterocycles. The zero-order valence-electron chi connectivity index (χ0n) is 21.9. The highest BCUT2D eigenvalue weighted by Gasteiger charge is 2.38. The number of anilines is 2. The number of methoxy groups -OCH3 is 1. The Hall–Kier alpha value is -4.04. The number of benzene rings is 1. The molecule has 9 nitrogen and oxygen atoms in total. The summed E-state index contributed by atoms with van der Waals surface area (Å²) >= 11 is 0. The molecule has 2 radical (unpaired) electrons. The standard InChI is InChI=1S/C27H30BFN8O/c1-26(2,3)15-33-24-16(11-30)12-32-25-20(24)9-18(10-21(25)38-4)34-27(28,17-5-8-23(29)31-13-17)22-14-37(36-35-22)19-6-7-19/h5,8-10,12-14,19,34-36H,6-7,15H2,1-4H3,(H,32,33). The van der Waals surface area contributed by atoms with Gasteiger partial charge in [0.25, 0.3) is 0 Å². The van der Waals surface area contributed by atoms with Crippen molar-refractivity contribution in [2.24, 2.45) is 5.41 Å². The number of nitriles is 1. The average Bonchev–Trinajstić information content (AvgIpc) is 3.62. The zero-order chi connectivity index (χ0) is 27.1. The van der Waals surface area contributed by atoms with Crippen molar-refractivity contribution in [1.82, 2.24) is 25.9 Å². The quantitative estimate of drug-likeness (QED) is 0.264. The largest absolute Gasteiger partial charge is 0.494 e. The number of halogens is 1.